The Bertz CT molecular complexity index is 346. The minimum Gasteiger partial charge on any atom is -0.249 e. The smallest absolute Gasteiger partial charge is 0.249 e. The molecule has 0 fully saturated rings. The molecule has 3 N–H and O–H groups in total. The predicted molar refractivity (Wildman–Crippen MR) is 51.6 cm³/mol. The molecule has 1 aromatic heterocycles. The van der Waals surface area contributed by atoms with E-state index in [-0.39, 0.29) is 12.5 Å². The van der Waals surface area contributed by atoms with Crippen molar-refractivity contribution < 1.29 is 8.42 Å². The van der Waals surface area contributed by atoms with Gasteiger partial charge in [-0.25, -0.2) is 14.8 Å². The van der Waals surface area contributed by atoms with Gasteiger partial charge in [0.25, 0.3) is 10.2 Å². The molecule has 74 valence electrons. The number of hydrogen-bond donors (Lipinski definition) is 2. The molecule has 13 heavy (non-hydrogen) atoms. The van der Waals surface area contributed by atoms with E-state index in [1.54, 1.807) is 6.20 Å². The van der Waals surface area contributed by atoms with E-state index in [0.29, 0.717) is 0 Å². The molecule has 1 rings (SSSR count). The number of nitrogens with zero attached hydrogens (tertiary/aromatic N) is 1. The molecule has 0 aliphatic rings. The number of rotatable bonds is 4. The Labute approximate surface area is 81.2 Å². The van der Waals surface area contributed by atoms with Crippen LogP contribution >= 0.6 is 11.3 Å². The average Bonchev–Trinajstić information content (AvgIpc) is 2.50. The van der Waals surface area contributed by atoms with E-state index in [0.717, 1.165) is 5.01 Å². The molecular weight excluding hydrogens is 210 g/mol. The number of hydrogen-bond acceptors (Lipinski definition) is 4. The van der Waals surface area contributed by atoms with Crippen LogP contribution in [0.15, 0.2) is 11.6 Å². The summed E-state index contributed by atoms with van der Waals surface area (Å²) < 4.78 is 23.3. The molecule has 1 heterocycles. The second-order valence-corrected chi connectivity index (χ2v) is 4.97. The lowest BCUT2D eigenvalue weighted by Crippen LogP contribution is -2.33. The van der Waals surface area contributed by atoms with Crippen LogP contribution in [0, 0.1) is 0 Å². The lowest BCUT2D eigenvalue weighted by molar-refractivity contribution is 0.576. The molecule has 0 amide bonds. The summed E-state index contributed by atoms with van der Waals surface area (Å²) in [6, 6.07) is 0. The van der Waals surface area contributed by atoms with Gasteiger partial charge in [-0.1, -0.05) is 6.92 Å². The Morgan fingerprint density at radius 3 is 2.92 bits per heavy atom. The summed E-state index contributed by atoms with van der Waals surface area (Å²) in [6.45, 7) is 2.17. The Hall–Kier alpha value is -0.500. The van der Waals surface area contributed by atoms with Crippen molar-refractivity contribution in [3.63, 3.8) is 0 Å². The molecule has 0 aliphatic heterocycles. The third kappa shape index (κ3) is 3.81. The zero-order valence-corrected chi connectivity index (χ0v) is 8.73. The quantitative estimate of drug-likeness (QED) is 0.752. The van der Waals surface area contributed by atoms with Gasteiger partial charge in [-0.3, -0.25) is 0 Å². The van der Waals surface area contributed by atoms with E-state index >= 15 is 0 Å². The van der Waals surface area contributed by atoms with Gasteiger partial charge in [0.05, 0.1) is 5.01 Å². The Balaban J connectivity index is 2.48. The maximum absolute atomic E-state index is 10.6. The van der Waals surface area contributed by atoms with Gasteiger partial charge in [0.1, 0.15) is 0 Å². The third-order valence-electron chi connectivity index (χ3n) is 1.46. The highest BCUT2D eigenvalue weighted by molar-refractivity contribution is 7.87. The minimum absolute atomic E-state index is 0.0540. The maximum atomic E-state index is 10.6. The van der Waals surface area contributed by atoms with Gasteiger partial charge in [-0.15, -0.1) is 11.3 Å². The van der Waals surface area contributed by atoms with E-state index in [1.807, 2.05) is 12.3 Å². The molecule has 0 saturated carbocycles. The van der Waals surface area contributed by atoms with Crippen LogP contribution in [0.3, 0.4) is 0 Å². The number of nitrogens with one attached hydrogen (secondary N) is 1. The zero-order chi connectivity index (χ0) is 9.90. The van der Waals surface area contributed by atoms with Crippen LogP contribution < -0.4 is 9.86 Å². The molecule has 0 radical (unpaired) electrons. The Morgan fingerprint density at radius 1 is 1.77 bits per heavy atom. The minimum atomic E-state index is -3.58. The number of aromatic nitrogens is 1. The van der Waals surface area contributed by atoms with E-state index < -0.39 is 10.2 Å². The standard InChI is InChI=1S/C6H11N3O2S2/c1-5(4-9-13(7,10)11)6-8-2-3-12-6/h2-3,5,9H,4H2,1H3,(H2,7,10,11). The fourth-order valence-corrected chi connectivity index (χ4v) is 1.99. The molecule has 1 aromatic rings. The van der Waals surface area contributed by atoms with Crippen LogP contribution in [0.1, 0.15) is 17.8 Å². The zero-order valence-electron chi connectivity index (χ0n) is 7.10. The van der Waals surface area contributed by atoms with Gasteiger partial charge in [0, 0.05) is 24.0 Å². The fraction of sp³-hybridized carbons (Fsp3) is 0.500. The predicted octanol–water partition coefficient (Wildman–Crippen LogP) is 0.0397. The molecule has 0 aliphatic carbocycles. The molecule has 0 saturated heterocycles. The maximum Gasteiger partial charge on any atom is 0.274 e. The second kappa shape index (κ2) is 4.14. The van der Waals surface area contributed by atoms with Crippen molar-refractivity contribution in [2.75, 3.05) is 6.54 Å². The van der Waals surface area contributed by atoms with Gasteiger partial charge in [-0.2, -0.15) is 8.42 Å². The SMILES string of the molecule is CC(CNS(N)(=O)=O)c1nccs1. The first-order chi connectivity index (χ1) is 5.99. The van der Waals surface area contributed by atoms with Crippen molar-refractivity contribution in [2.45, 2.75) is 12.8 Å². The van der Waals surface area contributed by atoms with Gasteiger partial charge >= 0.3 is 0 Å². The molecule has 1 unspecified atom stereocenters. The molecule has 0 aromatic carbocycles. The molecular formula is C6H11N3O2S2. The van der Waals surface area contributed by atoms with Gasteiger partial charge < -0.3 is 0 Å². The summed E-state index contributed by atoms with van der Waals surface area (Å²) in [7, 11) is -3.58. The van der Waals surface area contributed by atoms with Gasteiger partial charge in [0.2, 0.25) is 0 Å². The monoisotopic (exact) mass is 221 g/mol. The molecule has 0 spiro atoms. The van der Waals surface area contributed by atoms with E-state index in [9.17, 15) is 8.42 Å². The van der Waals surface area contributed by atoms with Crippen LogP contribution in [0.25, 0.3) is 0 Å². The summed E-state index contributed by atoms with van der Waals surface area (Å²) in [5.41, 5.74) is 0. The average molecular weight is 221 g/mol. The lowest BCUT2D eigenvalue weighted by Gasteiger charge is -2.07. The number of nitrogens with two attached hydrogens (primary N) is 1. The Morgan fingerprint density at radius 2 is 2.46 bits per heavy atom. The lowest BCUT2D eigenvalue weighted by atomic mass is 10.2. The van der Waals surface area contributed by atoms with Crippen molar-refractivity contribution in [3.05, 3.63) is 16.6 Å². The van der Waals surface area contributed by atoms with E-state index in [4.69, 9.17) is 5.14 Å². The van der Waals surface area contributed by atoms with Crippen molar-refractivity contribution in [3.8, 4) is 0 Å². The summed E-state index contributed by atoms with van der Waals surface area (Å²) in [4.78, 5) is 4.06. The summed E-state index contributed by atoms with van der Waals surface area (Å²) >= 11 is 1.49. The fourth-order valence-electron chi connectivity index (χ4n) is 0.806. The van der Waals surface area contributed by atoms with Crippen molar-refractivity contribution >= 4 is 21.5 Å². The molecule has 7 heteroatoms. The molecule has 5 nitrogen and oxygen atoms in total. The normalized spacial score (nSPS) is 14.3. The van der Waals surface area contributed by atoms with Crippen LogP contribution in [-0.4, -0.2) is 19.9 Å². The molecule has 0 bridgehead atoms. The first-order valence-corrected chi connectivity index (χ1v) is 6.08. The van der Waals surface area contributed by atoms with Crippen molar-refractivity contribution in [1.82, 2.24) is 9.71 Å². The summed E-state index contributed by atoms with van der Waals surface area (Å²) in [5, 5.41) is 7.53. The second-order valence-electron chi connectivity index (χ2n) is 2.66. The first kappa shape index (κ1) is 10.6. The summed E-state index contributed by atoms with van der Waals surface area (Å²) in [6.07, 6.45) is 1.69. The highest BCUT2D eigenvalue weighted by Gasteiger charge is 2.10. The Kier molecular flexibility index (Phi) is 3.37. The van der Waals surface area contributed by atoms with Crippen LogP contribution in [0.2, 0.25) is 0 Å². The topological polar surface area (TPSA) is 85.1 Å². The van der Waals surface area contributed by atoms with Crippen LogP contribution in [-0.2, 0) is 10.2 Å². The first-order valence-electron chi connectivity index (χ1n) is 3.66. The van der Waals surface area contributed by atoms with E-state index in [2.05, 4.69) is 9.71 Å². The van der Waals surface area contributed by atoms with E-state index in [1.165, 1.54) is 11.3 Å². The number of thiazole rings is 1. The third-order valence-corrected chi connectivity index (χ3v) is 3.04. The van der Waals surface area contributed by atoms with Crippen LogP contribution in [0.5, 0.6) is 0 Å². The highest BCUT2D eigenvalue weighted by Crippen LogP contribution is 2.16. The van der Waals surface area contributed by atoms with Crippen molar-refractivity contribution in [1.29, 1.82) is 0 Å². The summed E-state index contributed by atoms with van der Waals surface area (Å²) in [5.74, 6) is 0.0540. The van der Waals surface area contributed by atoms with Gasteiger partial charge in [-0.05, 0) is 0 Å². The molecule has 1 atom stereocenters. The van der Waals surface area contributed by atoms with Gasteiger partial charge in [0.15, 0.2) is 0 Å². The largest absolute Gasteiger partial charge is 0.274 e. The van der Waals surface area contributed by atoms with Crippen LogP contribution in [0.4, 0.5) is 0 Å². The highest BCUT2D eigenvalue weighted by atomic mass is 32.2. The van der Waals surface area contributed by atoms with Crippen molar-refractivity contribution in [2.24, 2.45) is 5.14 Å².